The number of allylic oxidation sites excluding steroid dienone is 2. The van der Waals surface area contributed by atoms with E-state index in [0.717, 1.165) is 33.5 Å². The maximum Gasteiger partial charge on any atom is 0.339 e. The second-order valence-electron chi connectivity index (χ2n) is 15.4. The van der Waals surface area contributed by atoms with Gasteiger partial charge < -0.3 is 45.0 Å². The van der Waals surface area contributed by atoms with E-state index in [-0.39, 0.29) is 42.1 Å². The third kappa shape index (κ3) is 7.99. The number of hydrogen-bond donors (Lipinski definition) is 5. The number of hydrogen-bond acceptors (Lipinski definition) is 16. The standard InChI is InChI=1S/C36H50N6O14/c1-16(43)53-26-27(54-17(2)44)29(55-18(3)45)31(56-28(26)30(47)51-6)52-15-24(40-42-33(38)49)36(50)12-10-22-21-8-7-19-13-20(39-41-32(37)48)9-11-34(19,4)25(21)23(46)14-35(22,36)5/h13,21-22,25-29,31,50H,7-12,14-15H2,1-6H3,(H3,37,41,48)(H3,38,42,49)/b39-20-,40-24+/t21-,22-,25+,26-,27-,28+,29+,31+,34+,35+,36-/m1/s1. The molecule has 0 aromatic heterocycles. The quantitative estimate of drug-likeness (QED) is 0.0878. The van der Waals surface area contributed by atoms with Gasteiger partial charge in [-0.15, -0.1) is 0 Å². The normalized spacial score (nSPS) is 37.1. The number of nitrogens with one attached hydrogen (secondary N) is 2. The molecule has 0 spiro atoms. The van der Waals surface area contributed by atoms with Gasteiger partial charge in [-0.05, 0) is 61.9 Å². The van der Waals surface area contributed by atoms with Crippen LogP contribution in [0.4, 0.5) is 9.59 Å². The summed E-state index contributed by atoms with van der Waals surface area (Å²) in [7, 11) is 1.04. The molecule has 3 saturated carbocycles. The topological polar surface area (TPSA) is 296 Å². The molecular formula is C36H50N6O14. The lowest BCUT2D eigenvalue weighted by molar-refractivity contribution is -0.298. The summed E-state index contributed by atoms with van der Waals surface area (Å²) < 4.78 is 33.0. The second-order valence-corrected chi connectivity index (χ2v) is 15.4. The van der Waals surface area contributed by atoms with Gasteiger partial charge in [-0.25, -0.2) is 25.2 Å². The van der Waals surface area contributed by atoms with E-state index in [1.165, 1.54) is 0 Å². The van der Waals surface area contributed by atoms with E-state index >= 15 is 0 Å². The number of Topliss-reactive ketones (excluding diaryl/α,β-unsaturated/α-hetero) is 1. The first-order valence-corrected chi connectivity index (χ1v) is 18.3. The van der Waals surface area contributed by atoms with Gasteiger partial charge in [0.2, 0.25) is 0 Å². The molecule has 4 aliphatic carbocycles. The summed E-state index contributed by atoms with van der Waals surface area (Å²) >= 11 is 0. The summed E-state index contributed by atoms with van der Waals surface area (Å²) in [5, 5.41) is 21.0. The van der Waals surface area contributed by atoms with Crippen LogP contribution in [0.15, 0.2) is 21.9 Å². The molecule has 1 saturated heterocycles. The van der Waals surface area contributed by atoms with E-state index in [1.807, 2.05) is 6.08 Å². The third-order valence-electron chi connectivity index (χ3n) is 12.1. The van der Waals surface area contributed by atoms with Gasteiger partial charge in [0.15, 0.2) is 30.7 Å². The number of ether oxygens (including phenoxy) is 6. The summed E-state index contributed by atoms with van der Waals surface area (Å²) in [6.45, 7) is 6.38. The highest BCUT2D eigenvalue weighted by molar-refractivity contribution is 5.99. The molecule has 7 N–H and O–H groups in total. The zero-order chi connectivity index (χ0) is 41.3. The van der Waals surface area contributed by atoms with E-state index in [4.69, 9.17) is 39.9 Å². The Bertz CT molecular complexity index is 1750. The van der Waals surface area contributed by atoms with Gasteiger partial charge in [0.05, 0.1) is 25.1 Å². The molecule has 0 radical (unpaired) electrons. The summed E-state index contributed by atoms with van der Waals surface area (Å²) in [6, 6.07) is -1.84. The van der Waals surface area contributed by atoms with Crippen LogP contribution in [0.2, 0.25) is 0 Å². The van der Waals surface area contributed by atoms with Crippen molar-refractivity contribution in [3.8, 4) is 0 Å². The summed E-state index contributed by atoms with van der Waals surface area (Å²) in [5.41, 5.74) is 13.1. The molecule has 5 rings (SSSR count). The number of fused-ring (bicyclic) bond motifs is 5. The SMILES string of the molecule is COC(=O)[C@H]1O[C@H](OC/C(=N\NC(N)=O)[C@]2(O)CC[C@@H]3[C@H]4CCC5=C/C(=N\NC(N)=O)CC[C@]5(C)[C@@H]4C(=O)C[C@@]32C)[C@@H](OC(C)=O)[C@H](OC(C)=O)[C@H]1OC(C)=O. The molecule has 5 aliphatic rings. The second kappa shape index (κ2) is 16.3. The number of carbonyl (C=O) groups excluding carboxylic acids is 7. The van der Waals surface area contributed by atoms with Gasteiger partial charge >= 0.3 is 35.9 Å². The maximum atomic E-state index is 14.4. The lowest BCUT2D eigenvalue weighted by atomic mass is 9.46. The number of primary amides is 2. The zero-order valence-electron chi connectivity index (χ0n) is 32.2. The van der Waals surface area contributed by atoms with Crippen molar-refractivity contribution in [2.45, 2.75) is 116 Å². The van der Waals surface area contributed by atoms with E-state index in [2.05, 4.69) is 28.0 Å². The predicted octanol–water partition coefficient (Wildman–Crippen LogP) is 0.618. The molecule has 0 aromatic carbocycles. The molecule has 20 heteroatoms. The van der Waals surface area contributed by atoms with Crippen LogP contribution >= 0.6 is 0 Å². The van der Waals surface area contributed by atoms with Crippen LogP contribution in [0, 0.1) is 28.6 Å². The molecule has 1 heterocycles. The number of ketones is 1. The van der Waals surface area contributed by atoms with Crippen molar-refractivity contribution < 1.29 is 67.1 Å². The Morgan fingerprint density at radius 2 is 1.54 bits per heavy atom. The number of rotatable bonds is 10. The van der Waals surface area contributed by atoms with Gasteiger partial charge in [0, 0.05) is 38.5 Å². The number of esters is 4. The molecule has 0 unspecified atom stereocenters. The number of urea groups is 2. The van der Waals surface area contributed by atoms with E-state index in [1.54, 1.807) is 6.92 Å². The highest BCUT2D eigenvalue weighted by Crippen LogP contribution is 2.66. The molecule has 0 aromatic rings. The predicted molar refractivity (Wildman–Crippen MR) is 191 cm³/mol. The van der Waals surface area contributed by atoms with Crippen LogP contribution in [0.5, 0.6) is 0 Å². The molecule has 1 aliphatic heterocycles. The minimum atomic E-state index is -1.87. The fourth-order valence-electron chi connectivity index (χ4n) is 9.83. The third-order valence-corrected chi connectivity index (χ3v) is 12.1. The molecule has 0 bridgehead atoms. The van der Waals surface area contributed by atoms with Crippen LogP contribution in [0.25, 0.3) is 0 Å². The van der Waals surface area contributed by atoms with E-state index in [0.29, 0.717) is 37.8 Å². The molecule has 56 heavy (non-hydrogen) atoms. The largest absolute Gasteiger partial charge is 0.467 e. The van der Waals surface area contributed by atoms with Gasteiger partial charge in [-0.2, -0.15) is 10.2 Å². The Balaban J connectivity index is 1.47. The first-order valence-electron chi connectivity index (χ1n) is 18.3. The van der Waals surface area contributed by atoms with Crippen molar-refractivity contribution in [3.05, 3.63) is 11.6 Å². The molecular weight excluding hydrogens is 740 g/mol. The first kappa shape index (κ1) is 42.2. The Hall–Kier alpha value is -4.95. The minimum Gasteiger partial charge on any atom is -0.467 e. The van der Waals surface area contributed by atoms with Crippen LogP contribution < -0.4 is 22.3 Å². The number of hydrazone groups is 2. The lowest BCUT2D eigenvalue weighted by Crippen LogP contribution is -2.64. The van der Waals surface area contributed by atoms with Crippen LogP contribution in [-0.2, 0) is 52.4 Å². The van der Waals surface area contributed by atoms with Crippen molar-refractivity contribution in [2.75, 3.05) is 13.7 Å². The molecule has 11 atom stereocenters. The number of aliphatic hydroxyl groups is 1. The van der Waals surface area contributed by atoms with Gasteiger partial charge in [0.1, 0.15) is 11.4 Å². The number of amides is 4. The number of carbonyl (C=O) groups is 7. The van der Waals surface area contributed by atoms with Gasteiger partial charge in [-0.3, -0.25) is 19.2 Å². The minimum absolute atomic E-state index is 0.0447. The highest BCUT2D eigenvalue weighted by Gasteiger charge is 2.68. The van der Waals surface area contributed by atoms with Gasteiger partial charge in [-0.1, -0.05) is 19.4 Å². The molecule has 4 amide bonds. The number of methoxy groups -OCH3 is 1. The average Bonchev–Trinajstić information content (AvgIpc) is 3.37. The van der Waals surface area contributed by atoms with Crippen LogP contribution in [0.3, 0.4) is 0 Å². The van der Waals surface area contributed by atoms with E-state index in [9.17, 15) is 38.7 Å². The smallest absolute Gasteiger partial charge is 0.339 e. The van der Waals surface area contributed by atoms with Crippen molar-refractivity contribution in [1.29, 1.82) is 0 Å². The Morgan fingerprint density at radius 1 is 0.911 bits per heavy atom. The van der Waals surface area contributed by atoms with Crippen molar-refractivity contribution in [3.63, 3.8) is 0 Å². The monoisotopic (exact) mass is 790 g/mol. The van der Waals surface area contributed by atoms with Crippen LogP contribution in [0.1, 0.15) is 79.6 Å². The number of nitrogens with two attached hydrogens (primary N) is 2. The van der Waals surface area contributed by atoms with Crippen molar-refractivity contribution >= 4 is 53.1 Å². The summed E-state index contributed by atoms with van der Waals surface area (Å²) in [4.78, 5) is 87.2. The average molecular weight is 791 g/mol. The zero-order valence-corrected chi connectivity index (χ0v) is 32.2. The van der Waals surface area contributed by atoms with Crippen molar-refractivity contribution in [1.82, 2.24) is 10.9 Å². The Morgan fingerprint density at radius 3 is 2.14 bits per heavy atom. The fourth-order valence-corrected chi connectivity index (χ4v) is 9.83. The van der Waals surface area contributed by atoms with E-state index < -0.39 is 89.7 Å². The maximum absolute atomic E-state index is 14.4. The fraction of sp³-hybridized carbons (Fsp3) is 0.694. The first-order chi connectivity index (χ1) is 26.2. The van der Waals surface area contributed by atoms with Crippen molar-refractivity contribution in [2.24, 2.45) is 50.3 Å². The lowest BCUT2D eigenvalue weighted by Gasteiger charge is -2.58. The Labute approximate surface area is 322 Å². The molecule has 4 fully saturated rings. The van der Waals surface area contributed by atoms with Crippen LogP contribution in [-0.4, -0.2) is 108 Å². The highest BCUT2D eigenvalue weighted by atomic mass is 16.7. The summed E-state index contributed by atoms with van der Waals surface area (Å²) in [5.74, 6) is -4.40. The summed E-state index contributed by atoms with van der Waals surface area (Å²) in [6.07, 6.45) is -3.46. The molecule has 308 valence electrons. The Kier molecular flexibility index (Phi) is 12.3. The number of nitrogens with zero attached hydrogens (tertiary/aromatic N) is 2. The molecule has 20 nitrogen and oxygen atoms in total. The van der Waals surface area contributed by atoms with Gasteiger partial charge in [0.25, 0.3) is 0 Å².